The number of hydrogen-bond donors (Lipinski definition) is 1. The van der Waals surface area contributed by atoms with Crippen LogP contribution in [0.2, 0.25) is 0 Å². The maximum absolute atomic E-state index is 13.0. The number of aromatic nitrogens is 3. The molecule has 1 amide bonds. The van der Waals surface area contributed by atoms with Crippen LogP contribution in [-0.4, -0.2) is 66.4 Å². The third kappa shape index (κ3) is 4.82. The third-order valence-electron chi connectivity index (χ3n) is 5.07. The van der Waals surface area contributed by atoms with Gasteiger partial charge in [-0.1, -0.05) is 0 Å². The summed E-state index contributed by atoms with van der Waals surface area (Å²) in [4.78, 5) is 21.0. The van der Waals surface area contributed by atoms with E-state index >= 15 is 0 Å². The Hall–Kier alpha value is -3.88. The summed E-state index contributed by atoms with van der Waals surface area (Å²) in [6.07, 6.45) is 3.44. The second-order valence-corrected chi connectivity index (χ2v) is 7.02. The van der Waals surface area contributed by atoms with Gasteiger partial charge in [-0.05, 0) is 36.4 Å². The minimum absolute atomic E-state index is 0.0426. The Morgan fingerprint density at radius 1 is 0.968 bits per heavy atom. The van der Waals surface area contributed by atoms with Crippen molar-refractivity contribution in [2.75, 3.05) is 50.6 Å². The number of anilines is 3. The van der Waals surface area contributed by atoms with Crippen LogP contribution in [0.15, 0.2) is 54.9 Å². The van der Waals surface area contributed by atoms with Crippen molar-refractivity contribution < 1.29 is 14.3 Å². The number of piperazine rings is 1. The van der Waals surface area contributed by atoms with Crippen molar-refractivity contribution in [1.82, 2.24) is 20.1 Å². The van der Waals surface area contributed by atoms with E-state index in [4.69, 9.17) is 9.47 Å². The second-order valence-electron chi connectivity index (χ2n) is 7.02. The van der Waals surface area contributed by atoms with Crippen LogP contribution >= 0.6 is 0 Å². The highest BCUT2D eigenvalue weighted by Gasteiger charge is 2.24. The minimum Gasteiger partial charge on any atom is -0.497 e. The molecule has 0 aliphatic carbocycles. The molecule has 1 aliphatic heterocycles. The number of rotatable bonds is 6. The van der Waals surface area contributed by atoms with Crippen LogP contribution in [0.25, 0.3) is 0 Å². The third-order valence-corrected chi connectivity index (χ3v) is 5.07. The molecule has 1 N–H and O–H groups in total. The summed E-state index contributed by atoms with van der Waals surface area (Å²) >= 11 is 0. The molecule has 3 heterocycles. The average Bonchev–Trinajstić information content (AvgIpc) is 2.84. The molecule has 0 radical (unpaired) electrons. The van der Waals surface area contributed by atoms with Gasteiger partial charge in [-0.15, -0.1) is 10.2 Å². The monoisotopic (exact) mass is 420 g/mol. The number of ether oxygens (including phenoxy) is 2. The van der Waals surface area contributed by atoms with Crippen molar-refractivity contribution in [2.45, 2.75) is 0 Å². The van der Waals surface area contributed by atoms with E-state index in [0.717, 1.165) is 11.5 Å². The van der Waals surface area contributed by atoms with Crippen LogP contribution in [-0.2, 0) is 0 Å². The van der Waals surface area contributed by atoms with E-state index in [1.165, 1.54) is 0 Å². The molecule has 9 nitrogen and oxygen atoms in total. The maximum atomic E-state index is 13.0. The fraction of sp³-hybridized carbons (Fsp3) is 0.273. The van der Waals surface area contributed by atoms with Gasteiger partial charge in [0.05, 0.1) is 26.1 Å². The average molecular weight is 420 g/mol. The molecule has 0 spiro atoms. The number of nitrogens with zero attached hydrogens (tertiary/aromatic N) is 5. The van der Waals surface area contributed by atoms with E-state index in [1.54, 1.807) is 44.8 Å². The number of amides is 1. The van der Waals surface area contributed by atoms with Gasteiger partial charge in [-0.3, -0.25) is 9.78 Å². The summed E-state index contributed by atoms with van der Waals surface area (Å²) in [6.45, 7) is 2.54. The van der Waals surface area contributed by atoms with Gasteiger partial charge in [0.25, 0.3) is 5.91 Å². The molecule has 9 heteroatoms. The van der Waals surface area contributed by atoms with E-state index in [-0.39, 0.29) is 5.91 Å². The quantitative estimate of drug-likeness (QED) is 0.651. The van der Waals surface area contributed by atoms with Crippen LogP contribution in [0.3, 0.4) is 0 Å². The number of benzene rings is 1. The van der Waals surface area contributed by atoms with Crippen LogP contribution in [0.5, 0.6) is 11.5 Å². The first-order valence-corrected chi connectivity index (χ1v) is 9.94. The molecule has 0 bridgehead atoms. The highest BCUT2D eigenvalue weighted by molar-refractivity contribution is 5.95. The molecule has 0 atom stereocenters. The summed E-state index contributed by atoms with van der Waals surface area (Å²) in [7, 11) is 3.14. The van der Waals surface area contributed by atoms with Crippen LogP contribution in [0.4, 0.5) is 17.3 Å². The second kappa shape index (κ2) is 9.29. The molecule has 1 aromatic carbocycles. The summed E-state index contributed by atoms with van der Waals surface area (Å²) in [5, 5.41) is 11.7. The predicted octanol–water partition coefficient (Wildman–Crippen LogP) is 2.59. The van der Waals surface area contributed by atoms with Gasteiger partial charge in [0.2, 0.25) is 0 Å². The van der Waals surface area contributed by atoms with Crippen molar-refractivity contribution in [3.8, 4) is 11.5 Å². The van der Waals surface area contributed by atoms with E-state index in [9.17, 15) is 4.79 Å². The molecule has 31 heavy (non-hydrogen) atoms. The molecule has 2 aromatic heterocycles. The SMILES string of the molecule is COc1cc(OC)cc(C(=O)N2CCN(c3ccc(Nc4cccnc4)nn3)CC2)c1. The topological polar surface area (TPSA) is 92.7 Å². The molecule has 3 aromatic rings. The van der Waals surface area contributed by atoms with Gasteiger partial charge in [0.1, 0.15) is 11.5 Å². The van der Waals surface area contributed by atoms with Crippen LogP contribution in [0, 0.1) is 0 Å². The largest absolute Gasteiger partial charge is 0.497 e. The smallest absolute Gasteiger partial charge is 0.254 e. The number of hydrogen-bond acceptors (Lipinski definition) is 8. The molecule has 0 unspecified atom stereocenters. The Bertz CT molecular complexity index is 999. The Labute approximate surface area is 180 Å². The van der Waals surface area contributed by atoms with E-state index < -0.39 is 0 Å². The van der Waals surface area contributed by atoms with Gasteiger partial charge in [0.15, 0.2) is 11.6 Å². The summed E-state index contributed by atoms with van der Waals surface area (Å²) < 4.78 is 10.5. The van der Waals surface area contributed by atoms with E-state index in [2.05, 4.69) is 25.4 Å². The first-order chi connectivity index (χ1) is 15.2. The summed E-state index contributed by atoms with van der Waals surface area (Å²) in [5.41, 5.74) is 1.40. The molecular formula is C22H24N6O3. The van der Waals surface area contributed by atoms with Crippen LogP contribution in [0.1, 0.15) is 10.4 Å². The summed E-state index contributed by atoms with van der Waals surface area (Å²) in [6, 6.07) is 12.8. The van der Waals surface area contributed by atoms with Crippen molar-refractivity contribution in [2.24, 2.45) is 0 Å². The van der Waals surface area contributed by atoms with Gasteiger partial charge in [0, 0.05) is 44.0 Å². The fourth-order valence-electron chi connectivity index (χ4n) is 3.40. The Morgan fingerprint density at radius 2 is 1.71 bits per heavy atom. The zero-order chi connectivity index (χ0) is 21.6. The zero-order valence-electron chi connectivity index (χ0n) is 17.5. The maximum Gasteiger partial charge on any atom is 0.254 e. The van der Waals surface area contributed by atoms with E-state index in [1.807, 2.05) is 29.2 Å². The standard InChI is InChI=1S/C22H24N6O3/c1-30-18-12-16(13-19(14-18)31-2)22(29)28-10-8-27(9-11-28)21-6-5-20(25-26-21)24-17-4-3-7-23-15-17/h3-7,12-15H,8-11H2,1-2H3,(H,24,25). The molecular weight excluding hydrogens is 396 g/mol. The molecule has 1 fully saturated rings. The molecule has 1 aliphatic rings. The Morgan fingerprint density at radius 3 is 2.29 bits per heavy atom. The van der Waals surface area contributed by atoms with Crippen molar-refractivity contribution >= 4 is 23.2 Å². The highest BCUT2D eigenvalue weighted by Crippen LogP contribution is 2.24. The van der Waals surface area contributed by atoms with Crippen molar-refractivity contribution in [3.63, 3.8) is 0 Å². The van der Waals surface area contributed by atoms with Gasteiger partial charge in [-0.2, -0.15) is 0 Å². The first-order valence-electron chi connectivity index (χ1n) is 9.94. The number of carbonyl (C=O) groups excluding carboxylic acids is 1. The van der Waals surface area contributed by atoms with Crippen LogP contribution < -0.4 is 19.7 Å². The normalized spacial score (nSPS) is 13.6. The summed E-state index contributed by atoms with van der Waals surface area (Å²) in [5.74, 6) is 2.58. The number of nitrogens with one attached hydrogen (secondary N) is 1. The zero-order valence-corrected chi connectivity index (χ0v) is 17.5. The number of methoxy groups -OCH3 is 2. The fourth-order valence-corrected chi connectivity index (χ4v) is 3.40. The van der Waals surface area contributed by atoms with Gasteiger partial charge >= 0.3 is 0 Å². The Balaban J connectivity index is 1.37. The lowest BCUT2D eigenvalue weighted by molar-refractivity contribution is 0.0745. The Kier molecular flexibility index (Phi) is 6.11. The lowest BCUT2D eigenvalue weighted by Crippen LogP contribution is -2.49. The van der Waals surface area contributed by atoms with Crippen molar-refractivity contribution in [1.29, 1.82) is 0 Å². The number of carbonyl (C=O) groups is 1. The minimum atomic E-state index is -0.0426. The molecule has 0 saturated carbocycles. The molecule has 4 rings (SSSR count). The highest BCUT2D eigenvalue weighted by atomic mass is 16.5. The molecule has 160 valence electrons. The van der Waals surface area contributed by atoms with Gasteiger partial charge in [-0.25, -0.2) is 0 Å². The van der Waals surface area contributed by atoms with E-state index in [0.29, 0.717) is 49.1 Å². The van der Waals surface area contributed by atoms with Gasteiger partial charge < -0.3 is 24.6 Å². The number of pyridine rings is 1. The lowest BCUT2D eigenvalue weighted by atomic mass is 10.1. The lowest BCUT2D eigenvalue weighted by Gasteiger charge is -2.35. The predicted molar refractivity (Wildman–Crippen MR) is 117 cm³/mol. The van der Waals surface area contributed by atoms with Crippen molar-refractivity contribution in [3.05, 3.63) is 60.4 Å². The molecule has 1 saturated heterocycles. The first kappa shape index (κ1) is 20.4.